The number of hydrogen-bond donors (Lipinski definition) is 2. The lowest BCUT2D eigenvalue weighted by Gasteiger charge is -2.29. The van der Waals surface area contributed by atoms with Crippen molar-refractivity contribution in [3.05, 3.63) is 23.2 Å². The van der Waals surface area contributed by atoms with E-state index in [1.807, 2.05) is 12.4 Å². The smallest absolute Gasteiger partial charge is 0.108 e. The molecule has 2 aromatic rings. The Labute approximate surface area is 126 Å². The lowest BCUT2D eigenvalue weighted by Crippen LogP contribution is -2.44. The van der Waals surface area contributed by atoms with Crippen LogP contribution in [-0.2, 0) is 6.54 Å². The summed E-state index contributed by atoms with van der Waals surface area (Å²) in [6.07, 6.45) is 7.47. The molecule has 0 radical (unpaired) electrons. The highest BCUT2D eigenvalue weighted by Gasteiger charge is 2.21. The molecule has 6 heteroatoms. The van der Waals surface area contributed by atoms with Crippen molar-refractivity contribution in [2.24, 2.45) is 0 Å². The van der Waals surface area contributed by atoms with E-state index < -0.39 is 0 Å². The second-order valence-electron chi connectivity index (χ2n) is 5.35. The summed E-state index contributed by atoms with van der Waals surface area (Å²) in [6.45, 7) is 1.94. The fourth-order valence-electron chi connectivity index (χ4n) is 2.83. The first-order valence-corrected chi connectivity index (χ1v) is 7.91. The van der Waals surface area contributed by atoms with Crippen molar-refractivity contribution >= 4 is 27.0 Å². The van der Waals surface area contributed by atoms with Gasteiger partial charge < -0.3 is 15.0 Å². The first kappa shape index (κ1) is 14.0. The molecular weight excluding hydrogens is 320 g/mol. The number of aryl methyl sites for hydroxylation is 1. The fraction of sp³-hybridized carbons (Fsp3) is 0.571. The molecule has 1 aliphatic rings. The molecule has 20 heavy (non-hydrogen) atoms. The molecule has 2 aromatic heterocycles. The number of aliphatic hydroxyl groups excluding tert-OH is 1. The molecule has 0 saturated carbocycles. The Bertz CT molecular complexity index is 586. The minimum Gasteiger partial charge on any atom is -0.392 e. The van der Waals surface area contributed by atoms with Crippen molar-refractivity contribution in [3.8, 4) is 0 Å². The summed E-state index contributed by atoms with van der Waals surface area (Å²) in [6, 6.07) is 2.24. The van der Waals surface area contributed by atoms with E-state index in [0.717, 1.165) is 54.4 Å². The minimum absolute atomic E-state index is 0.193. The van der Waals surface area contributed by atoms with Gasteiger partial charge >= 0.3 is 0 Å². The van der Waals surface area contributed by atoms with Crippen molar-refractivity contribution in [1.82, 2.24) is 19.9 Å². The number of hydrogen-bond acceptors (Lipinski definition) is 4. The third-order valence-electron chi connectivity index (χ3n) is 3.94. The average molecular weight is 339 g/mol. The van der Waals surface area contributed by atoms with Gasteiger partial charge in [-0.3, -0.25) is 0 Å². The van der Waals surface area contributed by atoms with E-state index in [0.29, 0.717) is 0 Å². The summed E-state index contributed by atoms with van der Waals surface area (Å²) < 4.78 is 2.98. The number of imidazole rings is 1. The number of halogens is 1. The number of aromatic nitrogens is 3. The summed E-state index contributed by atoms with van der Waals surface area (Å²) in [7, 11) is 0. The van der Waals surface area contributed by atoms with Gasteiger partial charge in [-0.15, -0.1) is 0 Å². The van der Waals surface area contributed by atoms with Gasteiger partial charge in [0.15, 0.2) is 0 Å². The molecule has 5 nitrogen and oxygen atoms in total. The third kappa shape index (κ3) is 3.02. The van der Waals surface area contributed by atoms with Crippen molar-refractivity contribution in [2.45, 2.75) is 44.4 Å². The van der Waals surface area contributed by atoms with E-state index in [9.17, 15) is 5.11 Å². The Kier molecular flexibility index (Phi) is 4.33. The first-order chi connectivity index (χ1) is 9.74. The molecule has 2 atom stereocenters. The maximum atomic E-state index is 9.94. The number of nitrogens with zero attached hydrogens (tertiary/aromatic N) is 3. The zero-order valence-electron chi connectivity index (χ0n) is 11.3. The van der Waals surface area contributed by atoms with Gasteiger partial charge in [0.1, 0.15) is 10.1 Å². The molecule has 3 heterocycles. The van der Waals surface area contributed by atoms with Gasteiger partial charge in [0.25, 0.3) is 0 Å². The molecule has 1 saturated heterocycles. The molecule has 1 fully saturated rings. The molecule has 1 aliphatic heterocycles. The predicted octanol–water partition coefficient (Wildman–Crippen LogP) is 2.09. The van der Waals surface area contributed by atoms with Gasteiger partial charge in [0, 0.05) is 12.6 Å². The highest BCUT2D eigenvalue weighted by Crippen LogP contribution is 2.18. The Morgan fingerprint density at radius 2 is 2.35 bits per heavy atom. The molecule has 0 bridgehead atoms. The summed E-state index contributed by atoms with van der Waals surface area (Å²) in [5.74, 6) is 0. The van der Waals surface area contributed by atoms with Crippen LogP contribution in [0.15, 0.2) is 23.2 Å². The van der Waals surface area contributed by atoms with Crippen LogP contribution in [0.2, 0.25) is 0 Å². The molecule has 0 unspecified atom stereocenters. The number of rotatable bonds is 4. The normalized spacial score (nSPS) is 23.3. The minimum atomic E-state index is -0.193. The Morgan fingerprint density at radius 3 is 3.20 bits per heavy atom. The van der Waals surface area contributed by atoms with Crippen LogP contribution in [0.5, 0.6) is 0 Å². The van der Waals surface area contributed by atoms with E-state index in [4.69, 9.17) is 0 Å². The Morgan fingerprint density at radius 1 is 1.45 bits per heavy atom. The predicted molar refractivity (Wildman–Crippen MR) is 81.5 cm³/mol. The third-order valence-corrected chi connectivity index (χ3v) is 4.37. The van der Waals surface area contributed by atoms with Crippen LogP contribution in [0.1, 0.15) is 25.7 Å². The monoisotopic (exact) mass is 338 g/mol. The molecular formula is C14H19BrN4O. The summed E-state index contributed by atoms with van der Waals surface area (Å²) in [4.78, 5) is 8.54. The number of nitrogens with one attached hydrogen (secondary N) is 1. The van der Waals surface area contributed by atoms with Crippen molar-refractivity contribution in [3.63, 3.8) is 0 Å². The molecule has 108 valence electrons. The van der Waals surface area contributed by atoms with Crippen LogP contribution in [0.3, 0.4) is 0 Å². The standard InChI is InChI=1S/C14H19BrN4O/c15-14-7-12-11(8-17-14)18-9-19(12)6-2-3-10-13(20)4-1-5-16-10/h7-10,13,16,20H,1-6H2/t10-,13+/m1/s1. The molecule has 3 rings (SSSR count). The lowest BCUT2D eigenvalue weighted by atomic mass is 9.97. The van der Waals surface area contributed by atoms with Crippen LogP contribution in [0.4, 0.5) is 0 Å². The number of pyridine rings is 1. The number of piperidine rings is 1. The topological polar surface area (TPSA) is 63.0 Å². The SMILES string of the molecule is O[C@H]1CCCN[C@@H]1CCCn1cnc2cnc(Br)cc21. The summed E-state index contributed by atoms with van der Waals surface area (Å²) in [5, 5.41) is 13.3. The van der Waals surface area contributed by atoms with Gasteiger partial charge in [-0.2, -0.15) is 0 Å². The van der Waals surface area contributed by atoms with Crippen molar-refractivity contribution in [2.75, 3.05) is 6.54 Å². The van der Waals surface area contributed by atoms with Crippen molar-refractivity contribution in [1.29, 1.82) is 0 Å². The molecule has 0 amide bonds. The van der Waals surface area contributed by atoms with Crippen LogP contribution in [-0.4, -0.2) is 38.3 Å². The van der Waals surface area contributed by atoms with Gasteiger partial charge in [-0.25, -0.2) is 9.97 Å². The zero-order valence-corrected chi connectivity index (χ0v) is 12.9. The Hall–Kier alpha value is -0.980. The lowest BCUT2D eigenvalue weighted by molar-refractivity contribution is 0.0909. The van der Waals surface area contributed by atoms with Gasteiger partial charge in [-0.1, -0.05) is 0 Å². The average Bonchev–Trinajstić information content (AvgIpc) is 2.83. The molecule has 0 spiro atoms. The van der Waals surface area contributed by atoms with E-state index >= 15 is 0 Å². The van der Waals surface area contributed by atoms with Crippen LogP contribution in [0.25, 0.3) is 11.0 Å². The summed E-state index contributed by atoms with van der Waals surface area (Å²) in [5.41, 5.74) is 2.02. The largest absolute Gasteiger partial charge is 0.392 e. The van der Waals surface area contributed by atoms with Gasteiger partial charge in [0.2, 0.25) is 0 Å². The maximum Gasteiger partial charge on any atom is 0.108 e. The fourth-order valence-corrected chi connectivity index (χ4v) is 3.15. The quantitative estimate of drug-likeness (QED) is 0.838. The second-order valence-corrected chi connectivity index (χ2v) is 6.16. The molecule has 0 aromatic carbocycles. The summed E-state index contributed by atoms with van der Waals surface area (Å²) >= 11 is 3.39. The van der Waals surface area contributed by atoms with E-state index in [-0.39, 0.29) is 12.1 Å². The first-order valence-electron chi connectivity index (χ1n) is 7.12. The van der Waals surface area contributed by atoms with Crippen molar-refractivity contribution < 1.29 is 5.11 Å². The highest BCUT2D eigenvalue weighted by molar-refractivity contribution is 9.10. The van der Waals surface area contributed by atoms with Crippen LogP contribution in [0, 0.1) is 0 Å². The van der Waals surface area contributed by atoms with E-state index in [1.165, 1.54) is 0 Å². The zero-order chi connectivity index (χ0) is 13.9. The maximum absolute atomic E-state index is 9.94. The number of aliphatic hydroxyl groups is 1. The molecule has 0 aliphatic carbocycles. The number of fused-ring (bicyclic) bond motifs is 1. The molecule has 2 N–H and O–H groups in total. The van der Waals surface area contributed by atoms with Gasteiger partial charge in [0.05, 0.1) is 24.1 Å². The van der Waals surface area contributed by atoms with Gasteiger partial charge in [-0.05, 0) is 54.2 Å². The van der Waals surface area contributed by atoms with E-state index in [2.05, 4.69) is 35.8 Å². The van der Waals surface area contributed by atoms with Crippen LogP contribution < -0.4 is 5.32 Å². The Balaban J connectivity index is 1.61. The van der Waals surface area contributed by atoms with E-state index in [1.54, 1.807) is 6.20 Å². The highest BCUT2D eigenvalue weighted by atomic mass is 79.9. The van der Waals surface area contributed by atoms with Crippen LogP contribution >= 0.6 is 15.9 Å². The second kappa shape index (κ2) is 6.20.